The molecule has 1 aromatic carbocycles. The SMILES string of the molecule is NNC(=O)C(=O)Nc1ccc(C(F)(F)F)cc1. The molecule has 8 heteroatoms. The smallest absolute Gasteiger partial charge is 0.318 e. The molecule has 1 rings (SSSR count). The number of anilines is 1. The van der Waals surface area contributed by atoms with Crippen molar-refractivity contribution in [3.05, 3.63) is 29.8 Å². The van der Waals surface area contributed by atoms with Gasteiger partial charge in [-0.2, -0.15) is 13.2 Å². The fraction of sp³-hybridized carbons (Fsp3) is 0.111. The molecule has 0 aliphatic rings. The van der Waals surface area contributed by atoms with Crippen LogP contribution in [0.4, 0.5) is 18.9 Å². The number of nitrogens with two attached hydrogens (primary N) is 1. The third-order valence-electron chi connectivity index (χ3n) is 1.81. The van der Waals surface area contributed by atoms with Crippen molar-refractivity contribution in [2.24, 2.45) is 5.84 Å². The van der Waals surface area contributed by atoms with Gasteiger partial charge in [-0.25, -0.2) is 5.84 Å². The summed E-state index contributed by atoms with van der Waals surface area (Å²) in [6, 6.07) is 3.64. The molecule has 17 heavy (non-hydrogen) atoms. The van der Waals surface area contributed by atoms with Gasteiger partial charge < -0.3 is 5.32 Å². The lowest BCUT2D eigenvalue weighted by molar-refractivity contribution is -0.137. The fourth-order valence-corrected chi connectivity index (χ4v) is 0.996. The summed E-state index contributed by atoms with van der Waals surface area (Å²) in [4.78, 5) is 21.7. The number of halogens is 3. The summed E-state index contributed by atoms with van der Waals surface area (Å²) in [5.74, 6) is 2.54. The maximum atomic E-state index is 12.2. The van der Waals surface area contributed by atoms with E-state index < -0.39 is 23.6 Å². The number of hydrogen-bond donors (Lipinski definition) is 3. The second kappa shape index (κ2) is 4.83. The molecule has 0 bridgehead atoms. The molecule has 0 radical (unpaired) electrons. The zero-order valence-electron chi connectivity index (χ0n) is 8.34. The van der Waals surface area contributed by atoms with Crippen LogP contribution in [0.15, 0.2) is 24.3 Å². The lowest BCUT2D eigenvalue weighted by atomic mass is 10.2. The lowest BCUT2D eigenvalue weighted by Gasteiger charge is -2.08. The van der Waals surface area contributed by atoms with Crippen molar-refractivity contribution in [1.82, 2.24) is 5.43 Å². The Morgan fingerprint density at radius 2 is 1.59 bits per heavy atom. The fourth-order valence-electron chi connectivity index (χ4n) is 0.996. The largest absolute Gasteiger partial charge is 0.416 e. The van der Waals surface area contributed by atoms with E-state index in [1.807, 2.05) is 0 Å². The first-order valence-electron chi connectivity index (χ1n) is 4.34. The van der Waals surface area contributed by atoms with Crippen LogP contribution in [0.1, 0.15) is 5.56 Å². The third-order valence-corrected chi connectivity index (χ3v) is 1.81. The first-order chi connectivity index (χ1) is 7.84. The minimum atomic E-state index is -4.45. The molecule has 0 heterocycles. The van der Waals surface area contributed by atoms with Gasteiger partial charge in [-0.3, -0.25) is 15.0 Å². The monoisotopic (exact) mass is 247 g/mol. The summed E-state index contributed by atoms with van der Waals surface area (Å²) >= 11 is 0. The van der Waals surface area contributed by atoms with Gasteiger partial charge >= 0.3 is 18.0 Å². The van der Waals surface area contributed by atoms with Gasteiger partial charge in [0.15, 0.2) is 0 Å². The molecule has 0 saturated carbocycles. The summed E-state index contributed by atoms with van der Waals surface area (Å²) in [5.41, 5.74) is 0.803. The molecule has 0 aliphatic heterocycles. The number of carbonyl (C=O) groups is 2. The number of carbonyl (C=O) groups excluding carboxylic acids is 2. The van der Waals surface area contributed by atoms with Crippen LogP contribution in [-0.2, 0) is 15.8 Å². The average molecular weight is 247 g/mol. The number of alkyl halides is 3. The molecule has 4 N–H and O–H groups in total. The molecule has 1 aromatic rings. The van der Waals surface area contributed by atoms with Crippen LogP contribution >= 0.6 is 0 Å². The molecule has 0 unspecified atom stereocenters. The standard InChI is InChI=1S/C9H8F3N3O2/c10-9(11,12)5-1-3-6(4-2-5)14-7(16)8(17)15-13/h1-4H,13H2,(H,14,16)(H,15,17). The van der Waals surface area contributed by atoms with E-state index in [1.54, 1.807) is 5.43 Å². The Hall–Kier alpha value is -2.09. The number of hydrazine groups is 1. The summed E-state index contributed by atoms with van der Waals surface area (Å²) in [7, 11) is 0. The molecule has 0 saturated heterocycles. The Bertz CT molecular complexity index is 428. The van der Waals surface area contributed by atoms with Gasteiger partial charge in [-0.05, 0) is 24.3 Å². The van der Waals surface area contributed by atoms with E-state index in [0.717, 1.165) is 24.3 Å². The van der Waals surface area contributed by atoms with Crippen LogP contribution in [-0.4, -0.2) is 11.8 Å². The Morgan fingerprint density at radius 1 is 1.06 bits per heavy atom. The van der Waals surface area contributed by atoms with Gasteiger partial charge in [0.05, 0.1) is 5.56 Å². The normalized spacial score (nSPS) is 10.8. The second-order valence-corrected chi connectivity index (χ2v) is 3.00. The van der Waals surface area contributed by atoms with Crippen LogP contribution in [0, 0.1) is 0 Å². The quantitative estimate of drug-likeness (QED) is 0.294. The maximum absolute atomic E-state index is 12.2. The van der Waals surface area contributed by atoms with Crippen molar-refractivity contribution in [2.75, 3.05) is 5.32 Å². The van der Waals surface area contributed by atoms with Crippen LogP contribution in [0.2, 0.25) is 0 Å². The molecule has 0 aromatic heterocycles. The highest BCUT2D eigenvalue weighted by Crippen LogP contribution is 2.29. The Balaban J connectivity index is 2.76. The molecule has 0 spiro atoms. The number of rotatable bonds is 1. The predicted octanol–water partition coefficient (Wildman–Crippen LogP) is 0.634. The molecular formula is C9H8F3N3O2. The molecule has 0 aliphatic carbocycles. The van der Waals surface area contributed by atoms with Crippen molar-refractivity contribution in [2.45, 2.75) is 6.18 Å². The number of amides is 2. The maximum Gasteiger partial charge on any atom is 0.416 e. The zero-order chi connectivity index (χ0) is 13.1. The molecule has 0 fully saturated rings. The van der Waals surface area contributed by atoms with E-state index in [-0.39, 0.29) is 5.69 Å². The number of nitrogens with one attached hydrogen (secondary N) is 2. The van der Waals surface area contributed by atoms with Gasteiger partial charge in [0.2, 0.25) is 0 Å². The van der Waals surface area contributed by atoms with Crippen LogP contribution < -0.4 is 16.6 Å². The highest BCUT2D eigenvalue weighted by molar-refractivity contribution is 6.39. The predicted molar refractivity (Wildman–Crippen MR) is 52.4 cm³/mol. The third kappa shape index (κ3) is 3.45. The van der Waals surface area contributed by atoms with E-state index in [4.69, 9.17) is 5.84 Å². The van der Waals surface area contributed by atoms with Crippen LogP contribution in [0.3, 0.4) is 0 Å². The molecular weight excluding hydrogens is 239 g/mol. The highest BCUT2D eigenvalue weighted by atomic mass is 19.4. The van der Waals surface area contributed by atoms with E-state index in [9.17, 15) is 22.8 Å². The summed E-state index contributed by atoms with van der Waals surface area (Å²) in [6.07, 6.45) is -4.45. The number of hydrogen-bond acceptors (Lipinski definition) is 3. The topological polar surface area (TPSA) is 84.2 Å². The van der Waals surface area contributed by atoms with Gasteiger partial charge in [-0.1, -0.05) is 0 Å². The molecule has 5 nitrogen and oxygen atoms in total. The van der Waals surface area contributed by atoms with Crippen molar-refractivity contribution >= 4 is 17.5 Å². The van der Waals surface area contributed by atoms with Crippen LogP contribution in [0.5, 0.6) is 0 Å². The van der Waals surface area contributed by atoms with Crippen molar-refractivity contribution < 1.29 is 22.8 Å². The number of benzene rings is 1. The Kier molecular flexibility index (Phi) is 3.69. The van der Waals surface area contributed by atoms with Gasteiger partial charge in [0, 0.05) is 5.69 Å². The van der Waals surface area contributed by atoms with E-state index in [2.05, 4.69) is 5.32 Å². The van der Waals surface area contributed by atoms with E-state index >= 15 is 0 Å². The van der Waals surface area contributed by atoms with Crippen molar-refractivity contribution in [3.63, 3.8) is 0 Å². The van der Waals surface area contributed by atoms with E-state index in [1.165, 1.54) is 0 Å². The van der Waals surface area contributed by atoms with Crippen LogP contribution in [0.25, 0.3) is 0 Å². The van der Waals surface area contributed by atoms with E-state index in [0.29, 0.717) is 0 Å². The molecule has 92 valence electrons. The van der Waals surface area contributed by atoms with Crippen molar-refractivity contribution in [1.29, 1.82) is 0 Å². The van der Waals surface area contributed by atoms with Crippen molar-refractivity contribution in [3.8, 4) is 0 Å². The first kappa shape index (κ1) is 13.0. The Labute approximate surface area is 93.8 Å². The summed E-state index contributed by atoms with van der Waals surface area (Å²) in [5, 5.41) is 2.07. The highest BCUT2D eigenvalue weighted by Gasteiger charge is 2.30. The van der Waals surface area contributed by atoms with Gasteiger partial charge in [0.1, 0.15) is 0 Å². The minimum Gasteiger partial charge on any atom is -0.318 e. The summed E-state index contributed by atoms with van der Waals surface area (Å²) < 4.78 is 36.6. The zero-order valence-corrected chi connectivity index (χ0v) is 8.34. The molecule has 0 atom stereocenters. The average Bonchev–Trinajstić information content (AvgIpc) is 2.27. The first-order valence-corrected chi connectivity index (χ1v) is 4.34. The Morgan fingerprint density at radius 3 is 2.00 bits per heavy atom. The molecule has 2 amide bonds. The second-order valence-electron chi connectivity index (χ2n) is 3.00. The minimum absolute atomic E-state index is 0.0617. The van der Waals surface area contributed by atoms with Gasteiger partial charge in [0.25, 0.3) is 0 Å². The lowest BCUT2D eigenvalue weighted by Crippen LogP contribution is -2.39. The summed E-state index contributed by atoms with van der Waals surface area (Å²) in [6.45, 7) is 0. The van der Waals surface area contributed by atoms with Gasteiger partial charge in [-0.15, -0.1) is 0 Å².